The third-order valence-corrected chi connectivity index (χ3v) is 3.51. The molecule has 20 heavy (non-hydrogen) atoms. The number of amides is 1. The summed E-state index contributed by atoms with van der Waals surface area (Å²) >= 11 is 0. The summed E-state index contributed by atoms with van der Waals surface area (Å²) in [6, 6.07) is 5.97. The number of halogens is 1. The van der Waals surface area contributed by atoms with Crippen LogP contribution in [0.5, 0.6) is 5.75 Å². The van der Waals surface area contributed by atoms with Crippen molar-refractivity contribution in [3.05, 3.63) is 41.5 Å². The van der Waals surface area contributed by atoms with Gasteiger partial charge < -0.3 is 10.1 Å². The summed E-state index contributed by atoms with van der Waals surface area (Å²) in [5.41, 5.74) is 2.37. The zero-order valence-electron chi connectivity index (χ0n) is 11.2. The van der Waals surface area contributed by atoms with Crippen LogP contribution in [0.25, 0.3) is 0 Å². The number of aryl methyl sites for hydroxylation is 1. The maximum atomic E-state index is 11.9. The first-order valence-corrected chi connectivity index (χ1v) is 6.75. The largest absolute Gasteiger partial charge is 0.493 e. The lowest BCUT2D eigenvalue weighted by Crippen LogP contribution is -2.40. The molecule has 2 N–H and O–H groups in total. The van der Waals surface area contributed by atoms with E-state index in [0.29, 0.717) is 6.54 Å². The van der Waals surface area contributed by atoms with E-state index >= 15 is 0 Å². The van der Waals surface area contributed by atoms with Crippen LogP contribution < -0.4 is 15.4 Å². The fourth-order valence-corrected chi connectivity index (χ4v) is 2.47. The summed E-state index contributed by atoms with van der Waals surface area (Å²) in [6.45, 7) is 2.15. The standard InChI is InChI=1S/C15H18N2O2.ClH/c18-15(13-4-1-7-16-13)17-10-11-5-6-14-12(9-11)3-2-8-19-14;/h1,4-6,9,13,16H,2-3,7-8,10H2,(H,17,18);1H. The molecule has 1 amide bonds. The van der Waals surface area contributed by atoms with Gasteiger partial charge in [0.25, 0.3) is 0 Å². The fraction of sp³-hybridized carbons (Fsp3) is 0.400. The second kappa shape index (κ2) is 6.77. The van der Waals surface area contributed by atoms with Crippen molar-refractivity contribution in [2.75, 3.05) is 13.2 Å². The molecule has 0 saturated heterocycles. The first-order chi connectivity index (χ1) is 9.33. The smallest absolute Gasteiger partial charge is 0.241 e. The Balaban J connectivity index is 0.00000147. The van der Waals surface area contributed by atoms with Gasteiger partial charge in [0.05, 0.1) is 6.61 Å². The molecule has 0 spiro atoms. The van der Waals surface area contributed by atoms with E-state index in [2.05, 4.69) is 16.7 Å². The molecule has 0 radical (unpaired) electrons. The van der Waals surface area contributed by atoms with Crippen molar-refractivity contribution < 1.29 is 9.53 Å². The normalized spacial score (nSPS) is 19.7. The lowest BCUT2D eigenvalue weighted by Gasteiger charge is -2.18. The summed E-state index contributed by atoms with van der Waals surface area (Å²) in [6.07, 6.45) is 6.00. The number of rotatable bonds is 3. The van der Waals surface area contributed by atoms with Crippen molar-refractivity contribution in [3.63, 3.8) is 0 Å². The fourth-order valence-electron chi connectivity index (χ4n) is 2.47. The molecule has 1 atom stereocenters. The van der Waals surface area contributed by atoms with Crippen molar-refractivity contribution >= 4 is 18.3 Å². The van der Waals surface area contributed by atoms with E-state index in [9.17, 15) is 4.79 Å². The summed E-state index contributed by atoms with van der Waals surface area (Å²) < 4.78 is 5.58. The molecule has 1 aromatic rings. The van der Waals surface area contributed by atoms with Crippen LogP contribution in [0.1, 0.15) is 17.5 Å². The molecule has 108 valence electrons. The molecule has 0 aliphatic carbocycles. The highest BCUT2D eigenvalue weighted by molar-refractivity contribution is 5.85. The number of carbonyl (C=O) groups is 1. The maximum Gasteiger partial charge on any atom is 0.241 e. The number of hydrogen-bond donors (Lipinski definition) is 2. The predicted octanol–water partition coefficient (Wildman–Crippen LogP) is 1.58. The lowest BCUT2D eigenvalue weighted by molar-refractivity contribution is -0.122. The number of hydrogen-bond acceptors (Lipinski definition) is 3. The van der Waals surface area contributed by atoms with E-state index in [-0.39, 0.29) is 24.4 Å². The second-order valence-electron chi connectivity index (χ2n) is 4.93. The van der Waals surface area contributed by atoms with E-state index in [1.54, 1.807) is 0 Å². The van der Waals surface area contributed by atoms with E-state index in [1.807, 2.05) is 24.3 Å². The summed E-state index contributed by atoms with van der Waals surface area (Å²) in [4.78, 5) is 11.9. The topological polar surface area (TPSA) is 50.4 Å². The number of carbonyl (C=O) groups excluding carboxylic acids is 1. The molecular weight excluding hydrogens is 276 g/mol. The van der Waals surface area contributed by atoms with E-state index in [1.165, 1.54) is 5.56 Å². The molecule has 4 nitrogen and oxygen atoms in total. The van der Waals surface area contributed by atoms with Gasteiger partial charge in [0.2, 0.25) is 5.91 Å². The third kappa shape index (κ3) is 3.32. The van der Waals surface area contributed by atoms with Gasteiger partial charge in [-0.1, -0.05) is 24.3 Å². The number of benzene rings is 1. The highest BCUT2D eigenvalue weighted by Gasteiger charge is 2.17. The van der Waals surface area contributed by atoms with Gasteiger partial charge in [-0.2, -0.15) is 0 Å². The molecule has 2 aliphatic heterocycles. The minimum Gasteiger partial charge on any atom is -0.493 e. The Hall–Kier alpha value is -1.52. The maximum absolute atomic E-state index is 11.9. The molecule has 0 bridgehead atoms. The van der Waals surface area contributed by atoms with Crippen molar-refractivity contribution in [1.82, 2.24) is 10.6 Å². The van der Waals surface area contributed by atoms with Crippen LogP contribution in [0.15, 0.2) is 30.4 Å². The monoisotopic (exact) mass is 294 g/mol. The van der Waals surface area contributed by atoms with E-state index in [0.717, 1.165) is 37.3 Å². The zero-order chi connectivity index (χ0) is 13.1. The summed E-state index contributed by atoms with van der Waals surface area (Å²) in [5, 5.41) is 6.05. The first-order valence-electron chi connectivity index (χ1n) is 6.75. The van der Waals surface area contributed by atoms with Gasteiger partial charge in [0.1, 0.15) is 11.8 Å². The molecular formula is C15H19ClN2O2. The average Bonchev–Trinajstić information content (AvgIpc) is 2.99. The molecule has 5 heteroatoms. The Morgan fingerprint density at radius 3 is 3.15 bits per heavy atom. The molecule has 1 aromatic carbocycles. The third-order valence-electron chi connectivity index (χ3n) is 3.51. The van der Waals surface area contributed by atoms with Gasteiger partial charge in [0.15, 0.2) is 0 Å². The van der Waals surface area contributed by atoms with Crippen molar-refractivity contribution in [2.45, 2.75) is 25.4 Å². The predicted molar refractivity (Wildman–Crippen MR) is 80.3 cm³/mol. The second-order valence-corrected chi connectivity index (χ2v) is 4.93. The Bertz CT molecular complexity index is 517. The van der Waals surface area contributed by atoms with E-state index < -0.39 is 0 Å². The Kier molecular flexibility index (Phi) is 5.04. The van der Waals surface area contributed by atoms with Gasteiger partial charge >= 0.3 is 0 Å². The van der Waals surface area contributed by atoms with Crippen LogP contribution in [0.2, 0.25) is 0 Å². The quantitative estimate of drug-likeness (QED) is 0.832. The van der Waals surface area contributed by atoms with E-state index in [4.69, 9.17) is 4.74 Å². The van der Waals surface area contributed by atoms with Crippen LogP contribution in [0, 0.1) is 0 Å². The Labute approximate surface area is 125 Å². The average molecular weight is 295 g/mol. The van der Waals surface area contributed by atoms with Gasteiger partial charge in [0, 0.05) is 13.1 Å². The highest BCUT2D eigenvalue weighted by atomic mass is 35.5. The molecule has 3 rings (SSSR count). The number of ether oxygens (including phenoxy) is 1. The first kappa shape index (κ1) is 14.9. The van der Waals surface area contributed by atoms with Crippen molar-refractivity contribution in [3.8, 4) is 5.75 Å². The van der Waals surface area contributed by atoms with Gasteiger partial charge in [-0.3, -0.25) is 10.1 Å². The van der Waals surface area contributed by atoms with Gasteiger partial charge in [-0.25, -0.2) is 0 Å². The summed E-state index contributed by atoms with van der Waals surface area (Å²) in [5.74, 6) is 1.02. The molecule has 2 heterocycles. The minimum atomic E-state index is -0.180. The Morgan fingerprint density at radius 1 is 1.45 bits per heavy atom. The van der Waals surface area contributed by atoms with Crippen LogP contribution in [0.3, 0.4) is 0 Å². The zero-order valence-corrected chi connectivity index (χ0v) is 12.0. The van der Waals surface area contributed by atoms with Crippen LogP contribution >= 0.6 is 12.4 Å². The van der Waals surface area contributed by atoms with Gasteiger partial charge in [-0.15, -0.1) is 12.4 Å². The lowest BCUT2D eigenvalue weighted by atomic mass is 10.0. The molecule has 0 saturated carbocycles. The Morgan fingerprint density at radius 2 is 2.35 bits per heavy atom. The van der Waals surface area contributed by atoms with Crippen LogP contribution in [-0.2, 0) is 17.8 Å². The highest BCUT2D eigenvalue weighted by Crippen LogP contribution is 2.25. The SMILES string of the molecule is Cl.O=C(NCc1ccc2c(c1)CCCO2)C1C=CCN1. The number of fused-ring (bicyclic) bond motifs is 1. The molecule has 1 unspecified atom stereocenters. The van der Waals surface area contributed by atoms with Crippen LogP contribution in [0.4, 0.5) is 0 Å². The molecule has 2 aliphatic rings. The number of nitrogens with one attached hydrogen (secondary N) is 2. The molecule has 0 fully saturated rings. The van der Waals surface area contributed by atoms with Crippen molar-refractivity contribution in [2.24, 2.45) is 0 Å². The van der Waals surface area contributed by atoms with Crippen molar-refractivity contribution in [1.29, 1.82) is 0 Å². The summed E-state index contributed by atoms with van der Waals surface area (Å²) in [7, 11) is 0. The van der Waals surface area contributed by atoms with Crippen LogP contribution in [-0.4, -0.2) is 25.1 Å². The molecule has 0 aromatic heterocycles. The van der Waals surface area contributed by atoms with Gasteiger partial charge in [-0.05, 0) is 30.0 Å². The minimum absolute atomic E-state index is 0.